The molecule has 192 valence electrons. The largest absolute Gasteiger partial charge is 0.323 e. The van der Waals surface area contributed by atoms with Gasteiger partial charge in [-0.15, -0.1) is 0 Å². The summed E-state index contributed by atoms with van der Waals surface area (Å²) in [5.41, 5.74) is 3.59. The van der Waals surface area contributed by atoms with E-state index >= 15 is 0 Å². The van der Waals surface area contributed by atoms with Crippen molar-refractivity contribution in [3.05, 3.63) is 101 Å². The molecule has 38 heavy (non-hydrogen) atoms. The number of carbonyl (C=O) groups excluding carboxylic acids is 3. The molecular weight excluding hydrogens is 476 g/mol. The predicted octanol–water partition coefficient (Wildman–Crippen LogP) is 4.31. The minimum absolute atomic E-state index is 0.0549. The number of imide groups is 1. The Morgan fingerprint density at radius 1 is 0.974 bits per heavy atom. The van der Waals surface area contributed by atoms with E-state index in [1.54, 1.807) is 35.2 Å². The van der Waals surface area contributed by atoms with Gasteiger partial charge in [-0.3, -0.25) is 19.3 Å². The topological polar surface area (TPSA) is 84.7 Å². The summed E-state index contributed by atoms with van der Waals surface area (Å²) in [4.78, 5) is 45.9. The number of anilines is 1. The number of aryl methyl sites for hydroxylation is 1. The average molecular weight is 507 g/mol. The maximum atomic E-state index is 13.9. The highest BCUT2D eigenvalue weighted by molar-refractivity contribution is 6.23. The number of nitriles is 1. The highest BCUT2D eigenvalue weighted by atomic mass is 16.2. The van der Waals surface area contributed by atoms with Crippen LogP contribution in [0.1, 0.15) is 46.3 Å². The van der Waals surface area contributed by atoms with Crippen LogP contribution >= 0.6 is 0 Å². The molecule has 0 aromatic heterocycles. The van der Waals surface area contributed by atoms with E-state index in [0.29, 0.717) is 16.8 Å². The zero-order valence-electron chi connectivity index (χ0n) is 21.4. The molecule has 2 saturated heterocycles. The van der Waals surface area contributed by atoms with Gasteiger partial charge in [0, 0.05) is 31.2 Å². The van der Waals surface area contributed by atoms with E-state index < -0.39 is 11.9 Å². The number of nitrogens with zero attached hydrogens (tertiary/aromatic N) is 4. The van der Waals surface area contributed by atoms with Crippen LogP contribution in [-0.2, 0) is 16.1 Å². The second-order valence-corrected chi connectivity index (χ2v) is 10.0. The minimum atomic E-state index is -0.864. The van der Waals surface area contributed by atoms with Crippen LogP contribution in [0.5, 0.6) is 0 Å². The fourth-order valence-electron chi connectivity index (χ4n) is 5.48. The van der Waals surface area contributed by atoms with Crippen LogP contribution in [-0.4, -0.2) is 52.7 Å². The van der Waals surface area contributed by atoms with Crippen molar-refractivity contribution in [3.8, 4) is 6.07 Å². The summed E-state index contributed by atoms with van der Waals surface area (Å²) in [6.45, 7) is 4.36. The molecule has 2 aliphatic rings. The van der Waals surface area contributed by atoms with Crippen LogP contribution in [0.25, 0.3) is 0 Å². The lowest BCUT2D eigenvalue weighted by molar-refractivity contribution is -0.123. The quantitative estimate of drug-likeness (QED) is 0.466. The molecule has 3 amide bonds. The molecule has 0 bridgehead atoms. The summed E-state index contributed by atoms with van der Waals surface area (Å²) in [6, 6.07) is 25.1. The van der Waals surface area contributed by atoms with Crippen molar-refractivity contribution in [3.63, 3.8) is 0 Å². The first kappa shape index (κ1) is 25.4. The van der Waals surface area contributed by atoms with E-state index in [1.165, 1.54) is 5.56 Å². The maximum absolute atomic E-state index is 13.9. The van der Waals surface area contributed by atoms with Crippen molar-refractivity contribution in [2.24, 2.45) is 0 Å². The number of hydrogen-bond donors (Lipinski definition) is 0. The molecule has 5 rings (SSSR count). The molecule has 3 aromatic carbocycles. The highest BCUT2D eigenvalue weighted by Crippen LogP contribution is 2.31. The average Bonchev–Trinajstić information content (AvgIpc) is 3.23. The van der Waals surface area contributed by atoms with E-state index in [-0.39, 0.29) is 24.3 Å². The predicted molar refractivity (Wildman–Crippen MR) is 144 cm³/mol. The molecule has 0 N–H and O–H groups in total. The molecule has 0 aliphatic carbocycles. The minimum Gasteiger partial charge on any atom is -0.323 e. The first-order valence-corrected chi connectivity index (χ1v) is 13.0. The summed E-state index contributed by atoms with van der Waals surface area (Å²) < 4.78 is 0. The zero-order valence-corrected chi connectivity index (χ0v) is 21.4. The standard InChI is InChI=1S/C31H30N4O3/c1-22-6-5-9-25(18-22)30(37)34(27-14-16-33(17-15-27)21-24-7-3-2-4-8-24)28-19-29(36)35(31(28)38)26-12-10-23(20-32)11-13-26/h2-13,18,27-28H,14-17,19,21H2,1H3. The maximum Gasteiger partial charge on any atom is 0.257 e. The van der Waals surface area contributed by atoms with Gasteiger partial charge in [0.25, 0.3) is 11.8 Å². The van der Waals surface area contributed by atoms with Crippen molar-refractivity contribution in [1.29, 1.82) is 5.26 Å². The van der Waals surface area contributed by atoms with E-state index in [0.717, 1.165) is 42.9 Å². The highest BCUT2D eigenvalue weighted by Gasteiger charge is 2.47. The normalized spacial score (nSPS) is 18.4. The van der Waals surface area contributed by atoms with Crippen LogP contribution in [0, 0.1) is 18.3 Å². The molecular formula is C31H30N4O3. The van der Waals surface area contributed by atoms with Gasteiger partial charge in [0.1, 0.15) is 6.04 Å². The van der Waals surface area contributed by atoms with Gasteiger partial charge in [0.15, 0.2) is 0 Å². The molecule has 7 heteroatoms. The molecule has 0 saturated carbocycles. The third-order valence-electron chi connectivity index (χ3n) is 7.41. The van der Waals surface area contributed by atoms with E-state index in [9.17, 15) is 14.4 Å². The number of carbonyl (C=O) groups is 3. The lowest BCUT2D eigenvalue weighted by atomic mass is 9.98. The van der Waals surface area contributed by atoms with Crippen molar-refractivity contribution in [2.45, 2.75) is 44.8 Å². The summed E-state index contributed by atoms with van der Waals surface area (Å²) in [5, 5.41) is 9.10. The third kappa shape index (κ3) is 5.22. The monoisotopic (exact) mass is 506 g/mol. The first-order chi connectivity index (χ1) is 18.4. The Bertz CT molecular complexity index is 1370. The smallest absolute Gasteiger partial charge is 0.257 e. The van der Waals surface area contributed by atoms with E-state index in [4.69, 9.17) is 5.26 Å². The van der Waals surface area contributed by atoms with Gasteiger partial charge in [-0.1, -0.05) is 48.0 Å². The molecule has 1 unspecified atom stereocenters. The summed E-state index contributed by atoms with van der Waals surface area (Å²) >= 11 is 0. The fraction of sp³-hybridized carbons (Fsp3) is 0.290. The fourth-order valence-corrected chi connectivity index (χ4v) is 5.48. The number of hydrogen-bond acceptors (Lipinski definition) is 5. The number of piperidine rings is 1. The summed E-state index contributed by atoms with van der Waals surface area (Å²) in [7, 11) is 0. The van der Waals surface area contributed by atoms with Gasteiger partial charge in [0.2, 0.25) is 5.91 Å². The van der Waals surface area contributed by atoms with Crippen molar-refractivity contribution in [2.75, 3.05) is 18.0 Å². The van der Waals surface area contributed by atoms with Crippen LogP contribution in [0.15, 0.2) is 78.9 Å². The lowest BCUT2D eigenvalue weighted by Crippen LogP contribution is -2.54. The Morgan fingerprint density at radius 3 is 2.34 bits per heavy atom. The molecule has 0 spiro atoms. The molecule has 7 nitrogen and oxygen atoms in total. The Balaban J connectivity index is 1.40. The second-order valence-electron chi connectivity index (χ2n) is 10.0. The van der Waals surface area contributed by atoms with E-state index in [1.807, 2.05) is 49.4 Å². The number of likely N-dealkylation sites (tertiary alicyclic amines) is 1. The van der Waals surface area contributed by atoms with Crippen LogP contribution in [0.4, 0.5) is 5.69 Å². The molecule has 2 fully saturated rings. The third-order valence-corrected chi connectivity index (χ3v) is 7.41. The SMILES string of the molecule is Cc1cccc(C(=O)N(C2CCN(Cc3ccccc3)CC2)C2CC(=O)N(c3ccc(C#N)cc3)C2=O)c1. The Kier molecular flexibility index (Phi) is 7.34. The van der Waals surface area contributed by atoms with Crippen molar-refractivity contribution < 1.29 is 14.4 Å². The Morgan fingerprint density at radius 2 is 1.68 bits per heavy atom. The molecule has 2 heterocycles. The van der Waals surface area contributed by atoms with Crippen molar-refractivity contribution >= 4 is 23.4 Å². The van der Waals surface area contributed by atoms with Gasteiger partial charge in [0.05, 0.1) is 23.7 Å². The van der Waals surface area contributed by atoms with Gasteiger partial charge in [-0.25, -0.2) is 4.90 Å². The van der Waals surface area contributed by atoms with Crippen molar-refractivity contribution in [1.82, 2.24) is 9.80 Å². The lowest BCUT2D eigenvalue weighted by Gasteiger charge is -2.40. The van der Waals surface area contributed by atoms with Gasteiger partial charge < -0.3 is 4.90 Å². The number of benzene rings is 3. The zero-order chi connectivity index (χ0) is 26.6. The molecule has 0 radical (unpaired) electrons. The van der Waals surface area contributed by atoms with Gasteiger partial charge >= 0.3 is 0 Å². The summed E-state index contributed by atoms with van der Waals surface area (Å²) in [6.07, 6.45) is 1.39. The molecule has 2 aliphatic heterocycles. The van der Waals surface area contributed by atoms with Crippen LogP contribution in [0.3, 0.4) is 0 Å². The molecule has 1 atom stereocenters. The van der Waals surface area contributed by atoms with Crippen LogP contribution in [0.2, 0.25) is 0 Å². The van der Waals surface area contributed by atoms with E-state index in [2.05, 4.69) is 17.0 Å². The van der Waals surface area contributed by atoms with Crippen LogP contribution < -0.4 is 4.90 Å². The molecule has 3 aromatic rings. The first-order valence-electron chi connectivity index (χ1n) is 13.0. The van der Waals surface area contributed by atoms with Gasteiger partial charge in [-0.2, -0.15) is 5.26 Å². The van der Waals surface area contributed by atoms with Gasteiger partial charge in [-0.05, 0) is 61.7 Å². The second kappa shape index (κ2) is 11.0. The number of rotatable bonds is 6. The summed E-state index contributed by atoms with van der Waals surface area (Å²) in [5.74, 6) is -0.955. The number of amides is 3. The Labute approximate surface area is 222 Å². The Hall–Kier alpha value is -4.28.